The summed E-state index contributed by atoms with van der Waals surface area (Å²) < 4.78 is 12.8. The highest BCUT2D eigenvalue weighted by atomic mass is 19.1. The Bertz CT molecular complexity index is 356. The van der Waals surface area contributed by atoms with Gasteiger partial charge in [-0.2, -0.15) is 0 Å². The van der Waals surface area contributed by atoms with Crippen LogP contribution in [0, 0.1) is 5.82 Å². The zero-order chi connectivity index (χ0) is 11.4. The number of hydrogen-bond acceptors (Lipinski definition) is 3. The molecule has 2 atom stereocenters. The first-order valence-corrected chi connectivity index (χ1v) is 4.66. The Kier molecular flexibility index (Phi) is 3.74. The predicted molar refractivity (Wildman–Crippen MR) is 54.4 cm³/mol. The molecule has 0 bridgehead atoms. The van der Waals surface area contributed by atoms with E-state index in [0.717, 1.165) is 6.20 Å². The lowest BCUT2D eigenvalue weighted by molar-refractivity contribution is -0.119. The first-order valence-electron chi connectivity index (χ1n) is 4.66. The lowest BCUT2D eigenvalue weighted by atomic mass is 10.1. The molecule has 0 fully saturated rings. The van der Waals surface area contributed by atoms with E-state index in [1.807, 2.05) is 6.92 Å². The quantitative estimate of drug-likeness (QED) is 0.772. The molecule has 15 heavy (non-hydrogen) atoms. The molecule has 0 spiro atoms. The number of primary amides is 1. The third kappa shape index (κ3) is 3.28. The van der Waals surface area contributed by atoms with Crippen LogP contribution in [0.2, 0.25) is 0 Å². The van der Waals surface area contributed by atoms with E-state index in [1.165, 1.54) is 6.07 Å². The fraction of sp³-hybridized carbons (Fsp3) is 0.400. The second-order valence-corrected chi connectivity index (χ2v) is 3.45. The molecule has 2 unspecified atom stereocenters. The van der Waals surface area contributed by atoms with Crippen molar-refractivity contribution >= 4 is 5.91 Å². The first kappa shape index (κ1) is 11.6. The number of amides is 1. The van der Waals surface area contributed by atoms with E-state index >= 15 is 0 Å². The molecule has 5 heteroatoms. The molecule has 0 saturated carbocycles. The Morgan fingerprint density at radius 3 is 2.73 bits per heavy atom. The van der Waals surface area contributed by atoms with Gasteiger partial charge in [0.2, 0.25) is 5.91 Å². The summed E-state index contributed by atoms with van der Waals surface area (Å²) in [6, 6.07) is 0.747. The standard InChI is InChI=1S/C10H14FN3O/c1-6(14-7(2)10(12)15)8-3-9(11)5-13-4-8/h3-7,14H,1-2H3,(H2,12,15). The van der Waals surface area contributed by atoms with Crippen LogP contribution < -0.4 is 11.1 Å². The van der Waals surface area contributed by atoms with Crippen LogP contribution in [-0.2, 0) is 4.79 Å². The second-order valence-electron chi connectivity index (χ2n) is 3.45. The van der Waals surface area contributed by atoms with E-state index in [9.17, 15) is 9.18 Å². The largest absolute Gasteiger partial charge is 0.368 e. The van der Waals surface area contributed by atoms with Gasteiger partial charge in [-0.05, 0) is 25.5 Å². The predicted octanol–water partition coefficient (Wildman–Crippen LogP) is 0.745. The number of pyridine rings is 1. The molecule has 0 aliphatic heterocycles. The van der Waals surface area contributed by atoms with E-state index in [2.05, 4.69) is 10.3 Å². The molecule has 1 rings (SSSR count). The number of rotatable bonds is 4. The normalized spacial score (nSPS) is 14.6. The number of hydrogen-bond donors (Lipinski definition) is 2. The lowest BCUT2D eigenvalue weighted by Crippen LogP contribution is -2.40. The van der Waals surface area contributed by atoms with Gasteiger partial charge in [0.25, 0.3) is 0 Å². The monoisotopic (exact) mass is 211 g/mol. The van der Waals surface area contributed by atoms with Gasteiger partial charge in [0, 0.05) is 12.2 Å². The van der Waals surface area contributed by atoms with E-state index in [4.69, 9.17) is 5.73 Å². The lowest BCUT2D eigenvalue weighted by Gasteiger charge is -2.17. The van der Waals surface area contributed by atoms with E-state index in [1.54, 1.807) is 13.1 Å². The molecule has 1 aromatic rings. The summed E-state index contributed by atoms with van der Waals surface area (Å²) in [6.45, 7) is 3.47. The smallest absolute Gasteiger partial charge is 0.234 e. The highest BCUT2D eigenvalue weighted by molar-refractivity contribution is 5.79. The number of carbonyl (C=O) groups excluding carboxylic acids is 1. The van der Waals surface area contributed by atoms with Gasteiger partial charge in [-0.15, -0.1) is 0 Å². The summed E-state index contributed by atoms with van der Waals surface area (Å²) in [5.41, 5.74) is 5.78. The molecule has 1 aromatic heterocycles. The zero-order valence-corrected chi connectivity index (χ0v) is 8.70. The molecular weight excluding hydrogens is 197 g/mol. The minimum absolute atomic E-state index is 0.171. The topological polar surface area (TPSA) is 68.0 Å². The number of nitrogens with two attached hydrogens (primary N) is 1. The van der Waals surface area contributed by atoms with Gasteiger partial charge in [0.05, 0.1) is 12.2 Å². The third-order valence-corrected chi connectivity index (χ3v) is 2.15. The summed E-state index contributed by atoms with van der Waals surface area (Å²) in [5, 5.41) is 2.94. The van der Waals surface area contributed by atoms with Crippen LogP contribution in [0.25, 0.3) is 0 Å². The minimum atomic E-state index is -0.455. The van der Waals surface area contributed by atoms with Gasteiger partial charge in [0.1, 0.15) is 5.82 Å². The molecule has 0 aliphatic rings. The number of aromatic nitrogens is 1. The Labute approximate surface area is 87.7 Å². The zero-order valence-electron chi connectivity index (χ0n) is 8.70. The summed E-state index contributed by atoms with van der Waals surface area (Å²) in [7, 11) is 0. The fourth-order valence-corrected chi connectivity index (χ4v) is 1.22. The SMILES string of the molecule is CC(NC(C)c1cncc(F)c1)C(N)=O. The number of carbonyl (C=O) groups is 1. The van der Waals surface area contributed by atoms with Gasteiger partial charge in [-0.3, -0.25) is 15.1 Å². The molecule has 4 nitrogen and oxygen atoms in total. The van der Waals surface area contributed by atoms with Crippen LogP contribution in [0.1, 0.15) is 25.5 Å². The molecular formula is C10H14FN3O. The van der Waals surface area contributed by atoms with Crippen LogP contribution >= 0.6 is 0 Å². The number of halogens is 1. The van der Waals surface area contributed by atoms with E-state index in [0.29, 0.717) is 5.56 Å². The molecule has 82 valence electrons. The highest BCUT2D eigenvalue weighted by Gasteiger charge is 2.13. The number of nitrogens with one attached hydrogen (secondary N) is 1. The van der Waals surface area contributed by atoms with Gasteiger partial charge < -0.3 is 5.73 Å². The van der Waals surface area contributed by atoms with Crippen molar-refractivity contribution in [1.29, 1.82) is 0 Å². The summed E-state index contributed by atoms with van der Waals surface area (Å²) >= 11 is 0. The fourth-order valence-electron chi connectivity index (χ4n) is 1.22. The maximum absolute atomic E-state index is 12.8. The van der Waals surface area contributed by atoms with Crippen molar-refractivity contribution in [3.63, 3.8) is 0 Å². The molecule has 0 saturated heterocycles. The van der Waals surface area contributed by atoms with Gasteiger partial charge in [0.15, 0.2) is 0 Å². The minimum Gasteiger partial charge on any atom is -0.368 e. The Balaban J connectivity index is 2.68. The molecule has 0 aliphatic carbocycles. The second kappa shape index (κ2) is 4.84. The maximum Gasteiger partial charge on any atom is 0.234 e. The van der Waals surface area contributed by atoms with Crippen LogP contribution in [0.3, 0.4) is 0 Å². The van der Waals surface area contributed by atoms with E-state index < -0.39 is 17.8 Å². The first-order chi connectivity index (χ1) is 7.00. The summed E-state index contributed by atoms with van der Waals surface area (Å²) in [5.74, 6) is -0.834. The van der Waals surface area contributed by atoms with Gasteiger partial charge in [-0.1, -0.05) is 0 Å². The van der Waals surface area contributed by atoms with Crippen molar-refractivity contribution in [2.75, 3.05) is 0 Å². The molecule has 1 heterocycles. The average molecular weight is 211 g/mol. The Morgan fingerprint density at radius 2 is 2.20 bits per heavy atom. The van der Waals surface area contributed by atoms with Crippen molar-refractivity contribution in [3.8, 4) is 0 Å². The van der Waals surface area contributed by atoms with Crippen molar-refractivity contribution in [2.24, 2.45) is 5.73 Å². The summed E-state index contributed by atoms with van der Waals surface area (Å²) in [6.07, 6.45) is 2.68. The van der Waals surface area contributed by atoms with Crippen molar-refractivity contribution in [2.45, 2.75) is 25.9 Å². The Morgan fingerprint density at radius 1 is 1.53 bits per heavy atom. The molecule has 3 N–H and O–H groups in total. The average Bonchev–Trinajstić information content (AvgIpc) is 2.17. The van der Waals surface area contributed by atoms with Crippen LogP contribution in [-0.4, -0.2) is 16.9 Å². The van der Waals surface area contributed by atoms with Crippen molar-refractivity contribution in [3.05, 3.63) is 29.8 Å². The van der Waals surface area contributed by atoms with Gasteiger partial charge in [-0.25, -0.2) is 4.39 Å². The molecule has 0 radical (unpaired) electrons. The Hall–Kier alpha value is -1.49. The highest BCUT2D eigenvalue weighted by Crippen LogP contribution is 2.12. The van der Waals surface area contributed by atoms with Crippen molar-refractivity contribution < 1.29 is 9.18 Å². The maximum atomic E-state index is 12.8. The molecule has 0 aromatic carbocycles. The van der Waals surface area contributed by atoms with E-state index in [-0.39, 0.29) is 6.04 Å². The van der Waals surface area contributed by atoms with Crippen LogP contribution in [0.15, 0.2) is 18.5 Å². The number of nitrogens with zero attached hydrogens (tertiary/aromatic N) is 1. The summed E-state index contributed by atoms with van der Waals surface area (Å²) in [4.78, 5) is 14.5. The van der Waals surface area contributed by atoms with Crippen LogP contribution in [0.5, 0.6) is 0 Å². The molecule has 1 amide bonds. The van der Waals surface area contributed by atoms with Gasteiger partial charge >= 0.3 is 0 Å². The van der Waals surface area contributed by atoms with Crippen molar-refractivity contribution in [1.82, 2.24) is 10.3 Å². The third-order valence-electron chi connectivity index (χ3n) is 2.15. The van der Waals surface area contributed by atoms with Crippen LogP contribution in [0.4, 0.5) is 4.39 Å².